The molecule has 0 aromatic heterocycles. The molecule has 4 heteroatoms. The zero-order chi connectivity index (χ0) is 16.7. The molecule has 0 heterocycles. The van der Waals surface area contributed by atoms with E-state index in [1.165, 1.54) is 76.0 Å². The molecule has 0 amide bonds. The largest absolute Gasteiger partial charge is 0.320 e. The van der Waals surface area contributed by atoms with E-state index in [4.69, 9.17) is 0 Å². The first-order valence-corrected chi connectivity index (χ1v) is 11.0. The van der Waals surface area contributed by atoms with Gasteiger partial charge in [0.1, 0.15) is 0 Å². The second-order valence-electron chi connectivity index (χ2n) is 7.08. The minimum absolute atomic E-state index is 0.436. The van der Waals surface area contributed by atoms with Gasteiger partial charge in [0.05, 0.1) is 0 Å². The highest BCUT2D eigenvalue weighted by Gasteiger charge is 2.09. The van der Waals surface area contributed by atoms with Gasteiger partial charge in [0, 0.05) is 17.0 Å². The molecule has 0 saturated carbocycles. The van der Waals surface area contributed by atoms with Crippen LogP contribution in [0.2, 0.25) is 0 Å². The fourth-order valence-electron chi connectivity index (χ4n) is 2.21. The van der Waals surface area contributed by atoms with Gasteiger partial charge in [0.15, 0.2) is 0 Å². The van der Waals surface area contributed by atoms with E-state index in [1.54, 1.807) is 0 Å². The van der Waals surface area contributed by atoms with Crippen molar-refractivity contribution in [3.63, 3.8) is 0 Å². The maximum atomic E-state index is 3.21. The molecule has 0 aliphatic carbocycles. The van der Waals surface area contributed by atoms with Gasteiger partial charge in [0.25, 0.3) is 0 Å². The van der Waals surface area contributed by atoms with Crippen molar-refractivity contribution in [2.75, 3.05) is 38.7 Å². The number of unbranched alkanes of at least 4 members (excludes halogenated alkanes) is 6. The van der Waals surface area contributed by atoms with Crippen LogP contribution in [0.5, 0.6) is 0 Å². The van der Waals surface area contributed by atoms with Gasteiger partial charge in [-0.3, -0.25) is 4.31 Å². The highest BCUT2D eigenvalue weighted by molar-refractivity contribution is 8.00. The molecule has 0 bridgehead atoms. The van der Waals surface area contributed by atoms with E-state index >= 15 is 0 Å². The van der Waals surface area contributed by atoms with E-state index in [9.17, 15) is 0 Å². The van der Waals surface area contributed by atoms with Crippen LogP contribution < -0.4 is 5.32 Å². The third-order valence-corrected chi connectivity index (χ3v) is 5.99. The molecule has 0 aliphatic heterocycles. The van der Waals surface area contributed by atoms with Crippen molar-refractivity contribution in [3.05, 3.63) is 0 Å². The molecule has 1 N–H and O–H groups in total. The Morgan fingerprint density at radius 1 is 0.818 bits per heavy atom. The SMILES string of the molecule is CNCCCCCCN(C)SCCCCCCSC(C)(C)C. The Morgan fingerprint density at radius 3 is 2.05 bits per heavy atom. The predicted octanol–water partition coefficient (Wildman–Crippen LogP) is 5.44. The molecule has 0 rings (SSSR count). The summed E-state index contributed by atoms with van der Waals surface area (Å²) in [4.78, 5) is 0. The molecule has 0 unspecified atom stereocenters. The second-order valence-corrected chi connectivity index (χ2v) is 10.3. The van der Waals surface area contributed by atoms with Crippen LogP contribution in [0.15, 0.2) is 0 Å². The zero-order valence-corrected chi connectivity index (χ0v) is 17.4. The average molecular weight is 349 g/mol. The van der Waals surface area contributed by atoms with Crippen LogP contribution >= 0.6 is 23.7 Å². The third-order valence-electron chi connectivity index (χ3n) is 3.54. The highest BCUT2D eigenvalue weighted by atomic mass is 32.2. The van der Waals surface area contributed by atoms with Crippen LogP contribution in [0.4, 0.5) is 0 Å². The van der Waals surface area contributed by atoms with Crippen LogP contribution in [-0.4, -0.2) is 47.7 Å². The minimum Gasteiger partial charge on any atom is -0.320 e. The Hall–Kier alpha value is 0.620. The van der Waals surface area contributed by atoms with Gasteiger partial charge in [-0.15, -0.1) is 0 Å². The van der Waals surface area contributed by atoms with Crippen molar-refractivity contribution < 1.29 is 0 Å². The lowest BCUT2D eigenvalue weighted by Crippen LogP contribution is -2.12. The first-order chi connectivity index (χ1) is 10.5. The maximum absolute atomic E-state index is 3.21. The van der Waals surface area contributed by atoms with E-state index in [0.717, 1.165) is 0 Å². The quantitative estimate of drug-likeness (QED) is 0.313. The van der Waals surface area contributed by atoms with Crippen molar-refractivity contribution >= 4 is 23.7 Å². The molecule has 0 spiro atoms. The van der Waals surface area contributed by atoms with Gasteiger partial charge >= 0.3 is 0 Å². The summed E-state index contributed by atoms with van der Waals surface area (Å²) in [6.07, 6.45) is 11.0. The van der Waals surface area contributed by atoms with Gasteiger partial charge in [-0.25, -0.2) is 0 Å². The number of thioether (sulfide) groups is 1. The summed E-state index contributed by atoms with van der Waals surface area (Å²) < 4.78 is 2.87. The molecule has 0 aliphatic rings. The first-order valence-electron chi connectivity index (χ1n) is 9.08. The monoisotopic (exact) mass is 348 g/mol. The van der Waals surface area contributed by atoms with Crippen LogP contribution in [0, 0.1) is 0 Å². The number of nitrogens with zero attached hydrogens (tertiary/aromatic N) is 1. The fourth-order valence-corrected chi connectivity index (χ4v) is 4.07. The van der Waals surface area contributed by atoms with Gasteiger partial charge in [-0.1, -0.05) is 58.4 Å². The molecule has 0 aromatic rings. The molecule has 0 aromatic carbocycles. The molecule has 0 atom stereocenters. The average Bonchev–Trinajstić information content (AvgIpc) is 2.44. The smallest absolute Gasteiger partial charge is 0.00862 e. The number of rotatable bonds is 15. The topological polar surface area (TPSA) is 15.3 Å². The summed E-state index contributed by atoms with van der Waals surface area (Å²) in [6, 6.07) is 0. The summed E-state index contributed by atoms with van der Waals surface area (Å²) in [5.74, 6) is 2.62. The van der Waals surface area contributed by atoms with Crippen LogP contribution in [0.3, 0.4) is 0 Å². The second kappa shape index (κ2) is 15.2. The summed E-state index contributed by atoms with van der Waals surface area (Å²) in [6.45, 7) is 9.34. The van der Waals surface area contributed by atoms with Crippen LogP contribution in [-0.2, 0) is 0 Å². The lowest BCUT2D eigenvalue weighted by Gasteiger charge is -2.17. The number of nitrogens with one attached hydrogen (secondary N) is 1. The highest BCUT2D eigenvalue weighted by Crippen LogP contribution is 2.24. The lowest BCUT2D eigenvalue weighted by atomic mass is 10.2. The predicted molar refractivity (Wildman–Crippen MR) is 108 cm³/mol. The Morgan fingerprint density at radius 2 is 1.41 bits per heavy atom. The Kier molecular flexibility index (Phi) is 15.6. The Bertz CT molecular complexity index is 230. The van der Waals surface area contributed by atoms with Crippen molar-refractivity contribution in [2.24, 2.45) is 0 Å². The van der Waals surface area contributed by atoms with Crippen LogP contribution in [0.1, 0.15) is 72.1 Å². The van der Waals surface area contributed by atoms with E-state index in [-0.39, 0.29) is 0 Å². The molecule has 0 fully saturated rings. The molecular weight excluding hydrogens is 308 g/mol. The Labute approximate surface area is 149 Å². The first kappa shape index (κ1) is 22.6. The van der Waals surface area contributed by atoms with Crippen molar-refractivity contribution in [3.8, 4) is 0 Å². The van der Waals surface area contributed by atoms with E-state index in [1.807, 2.05) is 19.0 Å². The standard InChI is InChI=1S/C18H40N2S2/c1-18(2,3)21-16-12-8-9-13-17-22-20(5)15-11-7-6-10-14-19-4/h19H,6-17H2,1-5H3. The molecule has 0 saturated heterocycles. The normalized spacial score (nSPS) is 12.3. The molecule has 22 heavy (non-hydrogen) atoms. The molecule has 0 radical (unpaired) electrons. The van der Waals surface area contributed by atoms with E-state index in [0.29, 0.717) is 4.75 Å². The maximum Gasteiger partial charge on any atom is 0.00862 e. The van der Waals surface area contributed by atoms with Crippen molar-refractivity contribution in [2.45, 2.75) is 76.9 Å². The van der Waals surface area contributed by atoms with Crippen LogP contribution in [0.25, 0.3) is 0 Å². The number of hydrogen-bond donors (Lipinski definition) is 1. The van der Waals surface area contributed by atoms with E-state index in [2.05, 4.69) is 49.2 Å². The summed E-state index contributed by atoms with van der Waals surface area (Å²) >= 11 is 4.13. The minimum atomic E-state index is 0.436. The van der Waals surface area contributed by atoms with Gasteiger partial charge in [-0.05, 0) is 52.1 Å². The molecule has 2 nitrogen and oxygen atoms in total. The Balaban J connectivity index is 3.20. The lowest BCUT2D eigenvalue weighted by molar-refractivity contribution is 0.509. The molecular formula is C18H40N2S2. The summed E-state index contributed by atoms with van der Waals surface area (Å²) in [5.41, 5.74) is 0. The van der Waals surface area contributed by atoms with Gasteiger partial charge in [-0.2, -0.15) is 11.8 Å². The molecule has 134 valence electrons. The number of hydrogen-bond acceptors (Lipinski definition) is 4. The zero-order valence-electron chi connectivity index (χ0n) is 15.7. The van der Waals surface area contributed by atoms with Gasteiger partial charge in [0.2, 0.25) is 0 Å². The summed E-state index contributed by atoms with van der Waals surface area (Å²) in [5, 5.41) is 3.21. The van der Waals surface area contributed by atoms with Crippen molar-refractivity contribution in [1.29, 1.82) is 0 Å². The van der Waals surface area contributed by atoms with Gasteiger partial charge < -0.3 is 5.32 Å². The van der Waals surface area contributed by atoms with Crippen molar-refractivity contribution in [1.82, 2.24) is 9.62 Å². The summed E-state index contributed by atoms with van der Waals surface area (Å²) in [7, 11) is 4.28. The fraction of sp³-hybridized carbons (Fsp3) is 1.00. The van der Waals surface area contributed by atoms with E-state index < -0.39 is 0 Å². The third kappa shape index (κ3) is 18.7.